The van der Waals surface area contributed by atoms with E-state index in [0.29, 0.717) is 17.7 Å². The molecule has 0 fully saturated rings. The van der Waals surface area contributed by atoms with Gasteiger partial charge >= 0.3 is 0 Å². The number of carbonyl (C=O) groups excluding carboxylic acids is 1. The molecule has 1 aliphatic carbocycles. The van der Waals surface area contributed by atoms with Crippen LogP contribution in [0.4, 0.5) is 5.69 Å². The minimum atomic E-state index is -0.442. The van der Waals surface area contributed by atoms with Crippen LogP contribution in [0.1, 0.15) is 36.4 Å². The third-order valence-electron chi connectivity index (χ3n) is 3.81. The number of carbonyl (C=O) groups is 1. The van der Waals surface area contributed by atoms with Crippen LogP contribution in [0.5, 0.6) is 0 Å². The maximum Gasteiger partial charge on any atom is 0.269 e. The van der Waals surface area contributed by atoms with E-state index < -0.39 is 4.92 Å². The Bertz CT molecular complexity index is 725. The first kappa shape index (κ1) is 13.5. The number of hydrogen-bond donors (Lipinski definition) is 0. The maximum absolute atomic E-state index is 12.4. The van der Waals surface area contributed by atoms with Crippen LogP contribution in [0.15, 0.2) is 34.9 Å². The summed E-state index contributed by atoms with van der Waals surface area (Å²) in [5.74, 6) is 0.785. The Balaban J connectivity index is 2.04. The predicted molar refractivity (Wildman–Crippen MR) is 77.2 cm³/mol. The lowest BCUT2D eigenvalue weighted by molar-refractivity contribution is -0.384. The van der Waals surface area contributed by atoms with Gasteiger partial charge in [0.25, 0.3) is 5.69 Å². The fourth-order valence-corrected chi connectivity index (χ4v) is 2.83. The monoisotopic (exact) mass is 285 g/mol. The Hall–Kier alpha value is -2.43. The third-order valence-corrected chi connectivity index (χ3v) is 3.81. The zero-order valence-electron chi connectivity index (χ0n) is 11.9. The Morgan fingerprint density at radius 2 is 1.86 bits per heavy atom. The lowest BCUT2D eigenvalue weighted by Crippen LogP contribution is -2.26. The van der Waals surface area contributed by atoms with E-state index in [1.54, 1.807) is 18.4 Å². The summed E-state index contributed by atoms with van der Waals surface area (Å²) in [5.41, 5.74) is 2.06. The first-order valence-electron chi connectivity index (χ1n) is 6.76. The van der Waals surface area contributed by atoms with Crippen molar-refractivity contribution in [2.24, 2.45) is 5.41 Å². The molecule has 0 aliphatic heterocycles. The molecule has 1 aromatic carbocycles. The Morgan fingerprint density at radius 1 is 1.19 bits per heavy atom. The average Bonchev–Trinajstić information content (AvgIpc) is 2.81. The van der Waals surface area contributed by atoms with Crippen LogP contribution in [0, 0.1) is 15.5 Å². The van der Waals surface area contributed by atoms with Crippen LogP contribution >= 0.6 is 0 Å². The van der Waals surface area contributed by atoms with Gasteiger partial charge in [-0.05, 0) is 23.1 Å². The van der Waals surface area contributed by atoms with E-state index >= 15 is 0 Å². The standard InChI is InChI=1S/C16H15NO4/c1-16(2)7-13(18)15-12(9-21-14(15)8-16)10-3-5-11(6-4-10)17(19)20/h3-6,9H,7-8H2,1-2H3. The van der Waals surface area contributed by atoms with Crippen LogP contribution in [0.2, 0.25) is 0 Å². The molecule has 0 spiro atoms. The van der Waals surface area contributed by atoms with Gasteiger partial charge in [-0.2, -0.15) is 0 Å². The van der Waals surface area contributed by atoms with Crippen molar-refractivity contribution in [2.75, 3.05) is 0 Å². The topological polar surface area (TPSA) is 73.3 Å². The number of ketones is 1. The summed E-state index contributed by atoms with van der Waals surface area (Å²) in [6.45, 7) is 4.09. The zero-order chi connectivity index (χ0) is 15.2. The number of nitrogens with zero attached hydrogens (tertiary/aromatic N) is 1. The molecule has 108 valence electrons. The molecule has 0 N–H and O–H groups in total. The van der Waals surface area contributed by atoms with Gasteiger partial charge < -0.3 is 4.42 Å². The normalized spacial score (nSPS) is 16.6. The number of rotatable bonds is 2. The summed E-state index contributed by atoms with van der Waals surface area (Å²) in [6.07, 6.45) is 2.78. The molecule has 0 saturated carbocycles. The highest BCUT2D eigenvalue weighted by atomic mass is 16.6. The van der Waals surface area contributed by atoms with Crippen molar-refractivity contribution in [3.8, 4) is 11.1 Å². The lowest BCUT2D eigenvalue weighted by atomic mass is 9.75. The van der Waals surface area contributed by atoms with Crippen molar-refractivity contribution >= 4 is 11.5 Å². The molecule has 0 saturated heterocycles. The number of fused-ring (bicyclic) bond motifs is 1. The summed E-state index contributed by atoms with van der Waals surface area (Å²) in [4.78, 5) is 22.6. The van der Waals surface area contributed by atoms with Gasteiger partial charge in [-0.1, -0.05) is 13.8 Å². The van der Waals surface area contributed by atoms with Gasteiger partial charge in [0.05, 0.1) is 16.7 Å². The summed E-state index contributed by atoms with van der Waals surface area (Å²) < 4.78 is 5.57. The predicted octanol–water partition coefficient (Wildman–Crippen LogP) is 4.01. The molecule has 0 unspecified atom stereocenters. The summed E-state index contributed by atoms with van der Waals surface area (Å²) >= 11 is 0. The zero-order valence-corrected chi connectivity index (χ0v) is 11.9. The van der Waals surface area contributed by atoms with E-state index in [0.717, 1.165) is 17.5 Å². The van der Waals surface area contributed by atoms with Crippen LogP contribution < -0.4 is 0 Å². The van der Waals surface area contributed by atoms with E-state index in [4.69, 9.17) is 4.42 Å². The van der Waals surface area contributed by atoms with E-state index in [1.807, 2.05) is 13.8 Å². The number of Topliss-reactive ketones (excluding diaryl/α,β-unsaturated/α-hetero) is 1. The van der Waals surface area contributed by atoms with E-state index in [-0.39, 0.29) is 16.9 Å². The van der Waals surface area contributed by atoms with Gasteiger partial charge in [-0.3, -0.25) is 14.9 Å². The molecule has 21 heavy (non-hydrogen) atoms. The SMILES string of the molecule is CC1(C)CC(=O)c2c(-c3ccc([N+](=O)[O-])cc3)coc2C1. The van der Waals surface area contributed by atoms with Crippen molar-refractivity contribution in [2.45, 2.75) is 26.7 Å². The molecule has 1 heterocycles. The van der Waals surface area contributed by atoms with E-state index in [1.165, 1.54) is 12.1 Å². The molecular formula is C16H15NO4. The number of furan rings is 1. The molecular weight excluding hydrogens is 270 g/mol. The minimum absolute atomic E-state index is 0.0311. The number of nitro groups is 1. The van der Waals surface area contributed by atoms with Crippen LogP contribution in [-0.2, 0) is 6.42 Å². The van der Waals surface area contributed by atoms with Gasteiger partial charge in [0.15, 0.2) is 5.78 Å². The number of benzene rings is 1. The van der Waals surface area contributed by atoms with Crippen LogP contribution in [0.3, 0.4) is 0 Å². The van der Waals surface area contributed by atoms with Crippen molar-refractivity contribution in [1.82, 2.24) is 0 Å². The number of hydrogen-bond acceptors (Lipinski definition) is 4. The number of non-ortho nitro benzene ring substituents is 1. The van der Waals surface area contributed by atoms with Crippen molar-refractivity contribution in [1.29, 1.82) is 0 Å². The largest absolute Gasteiger partial charge is 0.468 e. The van der Waals surface area contributed by atoms with Crippen molar-refractivity contribution in [3.05, 3.63) is 52.0 Å². The van der Waals surface area contributed by atoms with Gasteiger partial charge in [-0.15, -0.1) is 0 Å². The maximum atomic E-state index is 12.4. The molecule has 0 radical (unpaired) electrons. The molecule has 3 rings (SSSR count). The Kier molecular flexibility index (Phi) is 2.93. The first-order valence-corrected chi connectivity index (χ1v) is 6.76. The molecule has 5 heteroatoms. The highest BCUT2D eigenvalue weighted by Gasteiger charge is 2.35. The highest BCUT2D eigenvalue weighted by Crippen LogP contribution is 2.40. The van der Waals surface area contributed by atoms with Gasteiger partial charge in [0.1, 0.15) is 5.76 Å². The number of nitro benzene ring substituents is 1. The first-order chi connectivity index (χ1) is 9.87. The van der Waals surface area contributed by atoms with Crippen molar-refractivity contribution < 1.29 is 14.1 Å². The van der Waals surface area contributed by atoms with Gasteiger partial charge in [-0.25, -0.2) is 0 Å². The third kappa shape index (κ3) is 2.35. The second kappa shape index (κ2) is 4.55. The average molecular weight is 285 g/mol. The molecule has 0 amide bonds. The Morgan fingerprint density at radius 3 is 2.48 bits per heavy atom. The molecule has 1 aromatic heterocycles. The van der Waals surface area contributed by atoms with Gasteiger partial charge in [0, 0.05) is 30.5 Å². The fraction of sp³-hybridized carbons (Fsp3) is 0.312. The van der Waals surface area contributed by atoms with Gasteiger partial charge in [0.2, 0.25) is 0 Å². The van der Waals surface area contributed by atoms with E-state index in [9.17, 15) is 14.9 Å². The van der Waals surface area contributed by atoms with E-state index in [2.05, 4.69) is 0 Å². The second-order valence-corrected chi connectivity index (χ2v) is 6.19. The van der Waals surface area contributed by atoms with Crippen molar-refractivity contribution in [3.63, 3.8) is 0 Å². The second-order valence-electron chi connectivity index (χ2n) is 6.19. The Labute approximate surface area is 121 Å². The minimum Gasteiger partial charge on any atom is -0.468 e. The quantitative estimate of drug-likeness (QED) is 0.617. The summed E-state index contributed by atoms with van der Waals surface area (Å²) in [7, 11) is 0. The van der Waals surface area contributed by atoms with Crippen LogP contribution in [0.25, 0.3) is 11.1 Å². The molecule has 5 nitrogen and oxygen atoms in total. The molecule has 2 aromatic rings. The van der Waals surface area contributed by atoms with Crippen LogP contribution in [-0.4, -0.2) is 10.7 Å². The molecule has 0 atom stereocenters. The fourth-order valence-electron chi connectivity index (χ4n) is 2.83. The highest BCUT2D eigenvalue weighted by molar-refractivity contribution is 6.04. The molecule has 1 aliphatic rings. The lowest BCUT2D eigenvalue weighted by Gasteiger charge is -2.27. The summed E-state index contributed by atoms with van der Waals surface area (Å²) in [5, 5.41) is 10.7. The molecule has 0 bridgehead atoms. The summed E-state index contributed by atoms with van der Waals surface area (Å²) in [6, 6.07) is 6.17. The smallest absolute Gasteiger partial charge is 0.269 e.